The first-order valence-corrected chi connectivity index (χ1v) is 4.30. The molecule has 0 aromatic rings. The van der Waals surface area contributed by atoms with Crippen LogP contribution in [0.4, 0.5) is 0 Å². The van der Waals surface area contributed by atoms with Crippen LogP contribution in [0.15, 0.2) is 9.66 Å². The highest BCUT2D eigenvalue weighted by molar-refractivity contribution is 14.1. The second-order valence-electron chi connectivity index (χ2n) is 3.41. The summed E-state index contributed by atoms with van der Waals surface area (Å²) in [5.41, 5.74) is 0.113. The standard InChI is InChI=1S/C8H13IO/c1-6(10)7(9)5-8(2,3)4/h5H,1-4H3/b7-5+. The van der Waals surface area contributed by atoms with Crippen LogP contribution in [0, 0.1) is 5.41 Å². The van der Waals surface area contributed by atoms with Gasteiger partial charge in [0.15, 0.2) is 5.78 Å². The molecular weight excluding hydrogens is 239 g/mol. The lowest BCUT2D eigenvalue weighted by molar-refractivity contribution is -0.112. The highest BCUT2D eigenvalue weighted by Gasteiger charge is 2.08. The van der Waals surface area contributed by atoms with E-state index in [0.717, 1.165) is 3.58 Å². The molecule has 0 atom stereocenters. The maximum absolute atomic E-state index is 10.7. The van der Waals surface area contributed by atoms with Crippen LogP contribution in [0.5, 0.6) is 0 Å². The Labute approximate surface area is 76.0 Å². The molecule has 0 N–H and O–H groups in total. The molecule has 0 radical (unpaired) electrons. The zero-order valence-corrected chi connectivity index (χ0v) is 9.02. The van der Waals surface area contributed by atoms with Crippen molar-refractivity contribution in [3.8, 4) is 0 Å². The van der Waals surface area contributed by atoms with Crippen molar-refractivity contribution in [1.29, 1.82) is 0 Å². The van der Waals surface area contributed by atoms with E-state index >= 15 is 0 Å². The first-order chi connectivity index (χ1) is 4.33. The normalized spacial score (nSPS) is 13.5. The van der Waals surface area contributed by atoms with E-state index in [1.165, 1.54) is 0 Å². The van der Waals surface area contributed by atoms with Crippen LogP contribution in [0.1, 0.15) is 27.7 Å². The lowest BCUT2D eigenvalue weighted by atomic mass is 9.96. The molecule has 0 rings (SSSR count). The molecule has 0 amide bonds. The van der Waals surface area contributed by atoms with Crippen LogP contribution in [0.25, 0.3) is 0 Å². The molecule has 0 saturated heterocycles. The van der Waals surface area contributed by atoms with Gasteiger partial charge in [0.25, 0.3) is 0 Å². The molecule has 58 valence electrons. The van der Waals surface area contributed by atoms with Gasteiger partial charge in [0.2, 0.25) is 0 Å². The van der Waals surface area contributed by atoms with Gasteiger partial charge in [-0.3, -0.25) is 4.79 Å². The molecule has 0 saturated carbocycles. The summed E-state index contributed by atoms with van der Waals surface area (Å²) in [4.78, 5) is 10.7. The highest BCUT2D eigenvalue weighted by atomic mass is 127. The molecular formula is C8H13IO. The number of allylic oxidation sites excluding steroid dienone is 2. The molecule has 0 fully saturated rings. The maximum atomic E-state index is 10.7. The van der Waals surface area contributed by atoms with Crippen LogP contribution in [0.3, 0.4) is 0 Å². The highest BCUT2D eigenvalue weighted by Crippen LogP contribution is 2.20. The van der Waals surface area contributed by atoms with E-state index in [1.807, 2.05) is 6.08 Å². The number of hydrogen-bond donors (Lipinski definition) is 0. The number of carbonyl (C=O) groups is 1. The summed E-state index contributed by atoms with van der Waals surface area (Å²) in [7, 11) is 0. The smallest absolute Gasteiger partial charge is 0.165 e. The first-order valence-electron chi connectivity index (χ1n) is 3.22. The Morgan fingerprint density at radius 1 is 1.40 bits per heavy atom. The monoisotopic (exact) mass is 252 g/mol. The Bertz CT molecular complexity index is 163. The molecule has 0 aromatic carbocycles. The Morgan fingerprint density at radius 2 is 1.80 bits per heavy atom. The van der Waals surface area contributed by atoms with E-state index < -0.39 is 0 Å². The van der Waals surface area contributed by atoms with Crippen molar-refractivity contribution in [2.24, 2.45) is 5.41 Å². The van der Waals surface area contributed by atoms with Gasteiger partial charge < -0.3 is 0 Å². The Kier molecular flexibility index (Phi) is 3.56. The minimum absolute atomic E-state index is 0.113. The SMILES string of the molecule is CC(=O)/C(I)=C\C(C)(C)C. The molecule has 10 heavy (non-hydrogen) atoms. The molecule has 0 aliphatic rings. The van der Waals surface area contributed by atoms with E-state index in [1.54, 1.807) is 6.92 Å². The van der Waals surface area contributed by atoms with E-state index in [9.17, 15) is 4.79 Å². The van der Waals surface area contributed by atoms with Gasteiger partial charge in [0.05, 0.1) is 3.58 Å². The van der Waals surface area contributed by atoms with E-state index in [2.05, 4.69) is 43.4 Å². The predicted molar refractivity (Wildman–Crippen MR) is 52.2 cm³/mol. The molecule has 0 bridgehead atoms. The molecule has 0 spiro atoms. The summed E-state index contributed by atoms with van der Waals surface area (Å²) in [5.74, 6) is 0.149. The van der Waals surface area contributed by atoms with Gasteiger partial charge in [0.1, 0.15) is 0 Å². The van der Waals surface area contributed by atoms with Crippen molar-refractivity contribution in [3.05, 3.63) is 9.66 Å². The van der Waals surface area contributed by atoms with Gasteiger partial charge >= 0.3 is 0 Å². The average Bonchev–Trinajstić information content (AvgIpc) is 1.60. The molecule has 0 unspecified atom stereocenters. The Balaban J connectivity index is 4.32. The van der Waals surface area contributed by atoms with Gasteiger partial charge in [-0.15, -0.1) is 0 Å². The largest absolute Gasteiger partial charge is 0.294 e. The minimum Gasteiger partial charge on any atom is -0.294 e. The number of Topliss-reactive ketones (excluding diaryl/α,β-unsaturated/α-hetero) is 1. The van der Waals surface area contributed by atoms with E-state index in [4.69, 9.17) is 0 Å². The minimum atomic E-state index is 0.113. The first kappa shape index (κ1) is 10.1. The average molecular weight is 252 g/mol. The lowest BCUT2D eigenvalue weighted by Gasteiger charge is -2.11. The number of ketones is 1. The fraction of sp³-hybridized carbons (Fsp3) is 0.625. The molecule has 0 aromatic heterocycles. The summed E-state index contributed by atoms with van der Waals surface area (Å²) in [6.45, 7) is 7.82. The summed E-state index contributed by atoms with van der Waals surface area (Å²) in [6, 6.07) is 0. The third-order valence-corrected chi connectivity index (χ3v) is 1.97. The van der Waals surface area contributed by atoms with Gasteiger partial charge in [-0.2, -0.15) is 0 Å². The topological polar surface area (TPSA) is 17.1 Å². The van der Waals surface area contributed by atoms with E-state index in [-0.39, 0.29) is 11.2 Å². The molecule has 0 heterocycles. The van der Waals surface area contributed by atoms with Crippen LogP contribution in [0.2, 0.25) is 0 Å². The molecule has 2 heteroatoms. The van der Waals surface area contributed by atoms with Crippen LogP contribution >= 0.6 is 22.6 Å². The third-order valence-electron chi connectivity index (χ3n) is 0.896. The summed E-state index contributed by atoms with van der Waals surface area (Å²) in [5, 5.41) is 0. The molecule has 0 aliphatic heterocycles. The van der Waals surface area contributed by atoms with E-state index in [0.29, 0.717) is 0 Å². The van der Waals surface area contributed by atoms with Gasteiger partial charge in [0, 0.05) is 0 Å². The second-order valence-corrected chi connectivity index (χ2v) is 4.58. The molecule has 1 nitrogen and oxygen atoms in total. The zero-order chi connectivity index (χ0) is 8.36. The van der Waals surface area contributed by atoms with Gasteiger partial charge in [-0.1, -0.05) is 26.8 Å². The summed E-state index contributed by atoms with van der Waals surface area (Å²) < 4.78 is 0.824. The number of rotatable bonds is 1. The predicted octanol–water partition coefficient (Wildman–Crippen LogP) is 2.94. The zero-order valence-electron chi connectivity index (χ0n) is 6.86. The van der Waals surface area contributed by atoms with Gasteiger partial charge in [-0.25, -0.2) is 0 Å². The fourth-order valence-corrected chi connectivity index (χ4v) is 1.42. The van der Waals surface area contributed by atoms with Crippen molar-refractivity contribution >= 4 is 28.4 Å². The third kappa shape index (κ3) is 4.97. The van der Waals surface area contributed by atoms with Crippen LogP contribution in [-0.2, 0) is 4.79 Å². The second kappa shape index (κ2) is 3.51. The number of halogens is 1. The Morgan fingerprint density at radius 3 is 1.90 bits per heavy atom. The Hall–Kier alpha value is 0.140. The van der Waals surface area contributed by atoms with Crippen LogP contribution in [-0.4, -0.2) is 5.78 Å². The lowest BCUT2D eigenvalue weighted by Crippen LogP contribution is -2.02. The number of carbonyl (C=O) groups excluding carboxylic acids is 1. The van der Waals surface area contributed by atoms with Crippen LogP contribution < -0.4 is 0 Å². The van der Waals surface area contributed by atoms with Crippen molar-refractivity contribution in [3.63, 3.8) is 0 Å². The summed E-state index contributed by atoms with van der Waals surface area (Å²) in [6.07, 6.45) is 1.98. The van der Waals surface area contributed by atoms with Crippen molar-refractivity contribution in [1.82, 2.24) is 0 Å². The molecule has 0 aliphatic carbocycles. The quantitative estimate of drug-likeness (QED) is 0.518. The van der Waals surface area contributed by atoms with Crippen molar-refractivity contribution in [2.45, 2.75) is 27.7 Å². The van der Waals surface area contributed by atoms with Gasteiger partial charge in [-0.05, 0) is 34.9 Å². The van der Waals surface area contributed by atoms with Crippen molar-refractivity contribution < 1.29 is 4.79 Å². The number of hydrogen-bond acceptors (Lipinski definition) is 1. The fourth-order valence-electron chi connectivity index (χ4n) is 0.482. The summed E-state index contributed by atoms with van der Waals surface area (Å²) >= 11 is 2.07. The van der Waals surface area contributed by atoms with Crippen molar-refractivity contribution in [2.75, 3.05) is 0 Å². The maximum Gasteiger partial charge on any atom is 0.165 e.